The third-order valence-electron chi connectivity index (χ3n) is 3.88. The minimum absolute atomic E-state index is 0.131. The van der Waals surface area contributed by atoms with Gasteiger partial charge in [-0.1, -0.05) is 31.6 Å². The summed E-state index contributed by atoms with van der Waals surface area (Å²) in [6.07, 6.45) is 5.78. The summed E-state index contributed by atoms with van der Waals surface area (Å²) in [6, 6.07) is 1.22. The molecule has 4 heteroatoms. The third kappa shape index (κ3) is 2.54. The van der Waals surface area contributed by atoms with Crippen LogP contribution in [0.25, 0.3) is 0 Å². The van der Waals surface area contributed by atoms with Gasteiger partial charge in [-0.2, -0.15) is 0 Å². The lowest BCUT2D eigenvalue weighted by atomic mass is 10.2. The Morgan fingerprint density at radius 1 is 1.39 bits per heavy atom. The molecule has 0 aromatic carbocycles. The highest BCUT2D eigenvalue weighted by molar-refractivity contribution is 7.15. The van der Waals surface area contributed by atoms with Gasteiger partial charge in [0.15, 0.2) is 5.13 Å². The first-order valence-electron chi connectivity index (χ1n) is 7.09. The molecule has 102 valence electrons. The Morgan fingerprint density at radius 2 is 2.17 bits per heavy atom. The van der Waals surface area contributed by atoms with Crippen LogP contribution >= 0.6 is 11.3 Å². The van der Waals surface area contributed by atoms with Crippen LogP contribution in [0, 0.1) is 0 Å². The molecule has 1 N–H and O–H groups in total. The van der Waals surface area contributed by atoms with E-state index in [0.29, 0.717) is 12.1 Å². The number of nitrogens with zero attached hydrogens (tertiary/aromatic N) is 2. The quantitative estimate of drug-likeness (QED) is 0.889. The Morgan fingerprint density at radius 3 is 2.78 bits per heavy atom. The van der Waals surface area contributed by atoms with Gasteiger partial charge in [0.2, 0.25) is 0 Å². The van der Waals surface area contributed by atoms with Gasteiger partial charge < -0.3 is 10.0 Å². The first kappa shape index (κ1) is 13.8. The molecule has 2 rings (SSSR count). The van der Waals surface area contributed by atoms with Gasteiger partial charge in [-0.15, -0.1) is 0 Å². The third-order valence-corrected chi connectivity index (χ3v) is 4.97. The number of aliphatic hydroxyl groups excluding tert-OH is 1. The minimum atomic E-state index is 0.131. The molecule has 1 saturated heterocycles. The van der Waals surface area contributed by atoms with E-state index in [1.165, 1.54) is 19.3 Å². The number of rotatable bonds is 5. The van der Waals surface area contributed by atoms with Crippen LogP contribution in [0.2, 0.25) is 0 Å². The van der Waals surface area contributed by atoms with E-state index in [4.69, 9.17) is 4.98 Å². The molecule has 2 heterocycles. The lowest BCUT2D eigenvalue weighted by Gasteiger charge is -2.27. The zero-order valence-corrected chi connectivity index (χ0v) is 12.5. The summed E-state index contributed by atoms with van der Waals surface area (Å²) >= 11 is 1.68. The number of hydrogen-bond donors (Lipinski definition) is 1. The second kappa shape index (κ2) is 6.02. The number of anilines is 1. The highest BCUT2D eigenvalue weighted by atomic mass is 32.1. The van der Waals surface area contributed by atoms with E-state index in [1.807, 2.05) is 0 Å². The lowest BCUT2D eigenvalue weighted by Crippen LogP contribution is -2.33. The summed E-state index contributed by atoms with van der Waals surface area (Å²) in [6.45, 7) is 6.83. The second-order valence-electron chi connectivity index (χ2n) is 5.17. The standard InChI is InChI=1S/C14H24N2OS/c1-4-6-12-13(9-17)18-14(15-12)16-10(3)7-8-11(16)5-2/h10-11,17H,4-9H2,1-3H3. The van der Waals surface area contributed by atoms with Crippen molar-refractivity contribution in [3.8, 4) is 0 Å². The first-order valence-corrected chi connectivity index (χ1v) is 7.90. The van der Waals surface area contributed by atoms with Crippen molar-refractivity contribution in [1.29, 1.82) is 0 Å². The van der Waals surface area contributed by atoms with Crippen LogP contribution in [0.1, 0.15) is 57.0 Å². The van der Waals surface area contributed by atoms with E-state index in [-0.39, 0.29) is 6.61 Å². The van der Waals surface area contributed by atoms with Crippen molar-refractivity contribution in [1.82, 2.24) is 4.98 Å². The van der Waals surface area contributed by atoms with E-state index in [1.54, 1.807) is 11.3 Å². The van der Waals surface area contributed by atoms with Crippen LogP contribution in [-0.2, 0) is 13.0 Å². The molecule has 0 saturated carbocycles. The average Bonchev–Trinajstić information content (AvgIpc) is 2.92. The molecule has 0 radical (unpaired) electrons. The van der Waals surface area contributed by atoms with Gasteiger partial charge in [0.25, 0.3) is 0 Å². The minimum Gasteiger partial charge on any atom is -0.391 e. The topological polar surface area (TPSA) is 36.4 Å². The van der Waals surface area contributed by atoms with Crippen molar-refractivity contribution in [2.75, 3.05) is 4.90 Å². The van der Waals surface area contributed by atoms with Crippen LogP contribution < -0.4 is 4.90 Å². The molecule has 3 nitrogen and oxygen atoms in total. The van der Waals surface area contributed by atoms with Crippen LogP contribution in [0.15, 0.2) is 0 Å². The largest absolute Gasteiger partial charge is 0.391 e. The predicted octanol–water partition coefficient (Wildman–Crippen LogP) is 3.36. The van der Waals surface area contributed by atoms with Gasteiger partial charge in [-0.05, 0) is 32.6 Å². The molecule has 0 amide bonds. The van der Waals surface area contributed by atoms with Gasteiger partial charge in [-0.25, -0.2) is 4.98 Å². The van der Waals surface area contributed by atoms with Crippen molar-refractivity contribution in [2.45, 2.75) is 71.6 Å². The van der Waals surface area contributed by atoms with Crippen molar-refractivity contribution < 1.29 is 5.11 Å². The maximum absolute atomic E-state index is 9.44. The fraction of sp³-hybridized carbons (Fsp3) is 0.786. The first-order chi connectivity index (χ1) is 8.71. The molecule has 1 fully saturated rings. The molecule has 2 unspecified atom stereocenters. The molecule has 1 aromatic rings. The zero-order chi connectivity index (χ0) is 13.1. The molecule has 1 aliphatic rings. The van der Waals surface area contributed by atoms with Crippen LogP contribution in [-0.4, -0.2) is 22.2 Å². The van der Waals surface area contributed by atoms with E-state index in [9.17, 15) is 5.11 Å². The maximum Gasteiger partial charge on any atom is 0.186 e. The number of aryl methyl sites for hydroxylation is 1. The Kier molecular flexibility index (Phi) is 4.62. The Bertz CT molecular complexity index is 391. The SMILES string of the molecule is CCCc1nc(N2C(C)CCC2CC)sc1CO. The fourth-order valence-electron chi connectivity index (χ4n) is 2.85. The van der Waals surface area contributed by atoms with Gasteiger partial charge >= 0.3 is 0 Å². The second-order valence-corrected chi connectivity index (χ2v) is 6.23. The molecular formula is C14H24N2OS. The Labute approximate surface area is 114 Å². The van der Waals surface area contributed by atoms with Crippen molar-refractivity contribution in [2.24, 2.45) is 0 Å². The summed E-state index contributed by atoms with van der Waals surface area (Å²) in [5, 5.41) is 10.6. The van der Waals surface area contributed by atoms with Gasteiger partial charge in [0.1, 0.15) is 0 Å². The summed E-state index contributed by atoms with van der Waals surface area (Å²) in [4.78, 5) is 8.32. The smallest absolute Gasteiger partial charge is 0.186 e. The van der Waals surface area contributed by atoms with Crippen LogP contribution in [0.5, 0.6) is 0 Å². The van der Waals surface area contributed by atoms with Gasteiger partial charge in [-0.3, -0.25) is 0 Å². The summed E-state index contributed by atoms with van der Waals surface area (Å²) in [7, 11) is 0. The van der Waals surface area contributed by atoms with Gasteiger partial charge in [0, 0.05) is 12.1 Å². The number of aromatic nitrogens is 1. The zero-order valence-electron chi connectivity index (χ0n) is 11.6. The van der Waals surface area contributed by atoms with Crippen molar-refractivity contribution >= 4 is 16.5 Å². The monoisotopic (exact) mass is 268 g/mol. The molecular weight excluding hydrogens is 244 g/mol. The van der Waals surface area contributed by atoms with E-state index < -0.39 is 0 Å². The van der Waals surface area contributed by atoms with Gasteiger partial charge in [0.05, 0.1) is 17.2 Å². The normalized spacial score (nSPS) is 23.9. The molecule has 1 aliphatic heterocycles. The molecule has 0 spiro atoms. The molecule has 2 atom stereocenters. The van der Waals surface area contributed by atoms with Crippen molar-refractivity contribution in [3.63, 3.8) is 0 Å². The fourth-order valence-corrected chi connectivity index (χ4v) is 3.99. The molecule has 0 aliphatic carbocycles. The van der Waals surface area contributed by atoms with E-state index >= 15 is 0 Å². The summed E-state index contributed by atoms with van der Waals surface area (Å²) in [5.41, 5.74) is 1.11. The lowest BCUT2D eigenvalue weighted by molar-refractivity contribution is 0.284. The van der Waals surface area contributed by atoms with Crippen molar-refractivity contribution in [3.05, 3.63) is 10.6 Å². The molecule has 1 aromatic heterocycles. The Hall–Kier alpha value is -0.610. The summed E-state index contributed by atoms with van der Waals surface area (Å²) < 4.78 is 0. The number of aliphatic hydroxyl groups is 1. The molecule has 18 heavy (non-hydrogen) atoms. The average molecular weight is 268 g/mol. The highest BCUT2D eigenvalue weighted by Crippen LogP contribution is 2.36. The maximum atomic E-state index is 9.44. The van der Waals surface area contributed by atoms with E-state index in [0.717, 1.165) is 28.5 Å². The predicted molar refractivity (Wildman–Crippen MR) is 77.3 cm³/mol. The Balaban J connectivity index is 2.26. The van der Waals surface area contributed by atoms with E-state index in [2.05, 4.69) is 25.7 Å². The summed E-state index contributed by atoms with van der Waals surface area (Å²) in [5.74, 6) is 0. The highest BCUT2D eigenvalue weighted by Gasteiger charge is 2.31. The number of thiazole rings is 1. The van der Waals surface area contributed by atoms with Crippen LogP contribution in [0.4, 0.5) is 5.13 Å². The molecule has 0 bridgehead atoms. The number of hydrogen-bond acceptors (Lipinski definition) is 4. The van der Waals surface area contributed by atoms with Crippen LogP contribution in [0.3, 0.4) is 0 Å².